The lowest BCUT2D eigenvalue weighted by atomic mass is 10.1. The first kappa shape index (κ1) is 13.4. The number of aryl methyl sites for hydroxylation is 1. The van der Waals surface area contributed by atoms with Gasteiger partial charge in [-0.05, 0) is 13.0 Å². The number of nitrogens with zero attached hydrogens (tertiary/aromatic N) is 2. The Bertz CT molecular complexity index is 471. The normalized spacial score (nSPS) is 9.76. The summed E-state index contributed by atoms with van der Waals surface area (Å²) in [6.45, 7) is 1.18. The highest BCUT2D eigenvalue weighted by Crippen LogP contribution is 2.18. The van der Waals surface area contributed by atoms with E-state index in [9.17, 15) is 9.18 Å². The molecular weight excluding hydrogens is 247 g/mol. The van der Waals surface area contributed by atoms with Crippen LogP contribution in [0.3, 0.4) is 0 Å². The van der Waals surface area contributed by atoms with Gasteiger partial charge in [-0.3, -0.25) is 4.39 Å². The van der Waals surface area contributed by atoms with E-state index in [0.29, 0.717) is 0 Å². The molecule has 0 aliphatic heterocycles. The molecule has 0 saturated carbocycles. The molecule has 1 aromatic heterocycles. The Morgan fingerprint density at radius 1 is 1.71 bits per heavy atom. The van der Waals surface area contributed by atoms with E-state index in [0.717, 1.165) is 0 Å². The number of esters is 1. The average Bonchev–Trinajstić information content (AvgIpc) is 2.30. The second kappa shape index (κ2) is 6.16. The van der Waals surface area contributed by atoms with Crippen LogP contribution in [0.4, 0.5) is 4.39 Å². The maximum atomic E-state index is 12.3. The van der Waals surface area contributed by atoms with Gasteiger partial charge in [0.2, 0.25) is 0 Å². The van der Waals surface area contributed by atoms with E-state index < -0.39 is 12.6 Å². The number of hydrogen-bond donors (Lipinski definition) is 0. The Kier molecular flexibility index (Phi) is 4.85. The summed E-state index contributed by atoms with van der Waals surface area (Å²) in [5.41, 5.74) is 0.359. The van der Waals surface area contributed by atoms with Crippen molar-refractivity contribution in [3.63, 3.8) is 0 Å². The molecule has 6 heteroatoms. The molecule has 0 N–H and O–H groups in total. The third-order valence-electron chi connectivity index (χ3n) is 2.00. The molecule has 0 bridgehead atoms. The van der Waals surface area contributed by atoms with Crippen LogP contribution in [-0.4, -0.2) is 24.2 Å². The molecule has 17 heavy (non-hydrogen) atoms. The number of halogens is 2. The summed E-state index contributed by atoms with van der Waals surface area (Å²) >= 11 is 5.71. The van der Waals surface area contributed by atoms with E-state index in [4.69, 9.17) is 21.6 Å². The molecular formula is C11H10ClFN2O2. The molecule has 0 radical (unpaired) electrons. The minimum atomic E-state index is -0.665. The number of carbonyl (C=O) groups excluding carboxylic acids is 1. The van der Waals surface area contributed by atoms with Gasteiger partial charge in [-0.2, -0.15) is 5.26 Å². The van der Waals surface area contributed by atoms with Crippen molar-refractivity contribution in [2.24, 2.45) is 0 Å². The topological polar surface area (TPSA) is 63.0 Å². The first-order valence-corrected chi connectivity index (χ1v) is 5.34. The van der Waals surface area contributed by atoms with Crippen LogP contribution in [0.2, 0.25) is 5.15 Å². The third kappa shape index (κ3) is 3.14. The summed E-state index contributed by atoms with van der Waals surface area (Å²) in [6.07, 6.45) is -0.0421. The van der Waals surface area contributed by atoms with Crippen molar-refractivity contribution in [1.29, 1.82) is 5.26 Å². The molecule has 1 aromatic rings. The van der Waals surface area contributed by atoms with E-state index in [2.05, 4.69) is 4.98 Å². The average molecular weight is 257 g/mol. The molecule has 0 aliphatic carbocycles. The summed E-state index contributed by atoms with van der Waals surface area (Å²) in [5.74, 6) is -0.628. The fourth-order valence-corrected chi connectivity index (χ4v) is 1.47. The van der Waals surface area contributed by atoms with Gasteiger partial charge in [0.25, 0.3) is 0 Å². The lowest BCUT2D eigenvalue weighted by Gasteiger charge is -2.08. The second-order valence-electron chi connectivity index (χ2n) is 3.09. The van der Waals surface area contributed by atoms with Crippen molar-refractivity contribution in [3.05, 3.63) is 28.0 Å². The van der Waals surface area contributed by atoms with E-state index in [-0.39, 0.29) is 35.0 Å². The van der Waals surface area contributed by atoms with Crippen LogP contribution in [0, 0.1) is 11.3 Å². The van der Waals surface area contributed by atoms with Gasteiger partial charge in [0.15, 0.2) is 0 Å². The van der Waals surface area contributed by atoms with Crippen LogP contribution in [0.5, 0.6) is 0 Å². The first-order valence-electron chi connectivity index (χ1n) is 4.96. The molecule has 0 atom stereocenters. The molecule has 0 aliphatic rings. The van der Waals surface area contributed by atoms with Crippen LogP contribution in [0.15, 0.2) is 6.07 Å². The highest BCUT2D eigenvalue weighted by Gasteiger charge is 2.17. The van der Waals surface area contributed by atoms with Gasteiger partial charge < -0.3 is 4.74 Å². The molecule has 0 fully saturated rings. The van der Waals surface area contributed by atoms with E-state index in [1.165, 1.54) is 6.07 Å². The van der Waals surface area contributed by atoms with Crippen molar-refractivity contribution in [1.82, 2.24) is 4.98 Å². The number of nitriles is 1. The number of rotatable bonds is 4. The van der Waals surface area contributed by atoms with Crippen molar-refractivity contribution in [3.8, 4) is 6.07 Å². The SMILES string of the molecule is CCOC(=O)c1cc(C#N)c(Cl)nc1CCF. The number of aromatic nitrogens is 1. The third-order valence-corrected chi connectivity index (χ3v) is 2.29. The summed E-state index contributed by atoms with van der Waals surface area (Å²) in [7, 11) is 0. The van der Waals surface area contributed by atoms with E-state index in [1.54, 1.807) is 13.0 Å². The zero-order chi connectivity index (χ0) is 12.8. The minimum Gasteiger partial charge on any atom is -0.462 e. The summed E-state index contributed by atoms with van der Waals surface area (Å²) in [6, 6.07) is 3.08. The van der Waals surface area contributed by atoms with Gasteiger partial charge in [-0.25, -0.2) is 9.78 Å². The maximum absolute atomic E-state index is 12.3. The molecule has 0 saturated heterocycles. The monoisotopic (exact) mass is 256 g/mol. The van der Waals surface area contributed by atoms with Crippen molar-refractivity contribution >= 4 is 17.6 Å². The Morgan fingerprint density at radius 2 is 2.41 bits per heavy atom. The number of ether oxygens (including phenoxy) is 1. The minimum absolute atomic E-state index is 0.0380. The maximum Gasteiger partial charge on any atom is 0.340 e. The lowest BCUT2D eigenvalue weighted by molar-refractivity contribution is 0.0524. The van der Waals surface area contributed by atoms with Crippen LogP contribution >= 0.6 is 11.6 Å². The van der Waals surface area contributed by atoms with Crippen molar-refractivity contribution in [2.75, 3.05) is 13.3 Å². The smallest absolute Gasteiger partial charge is 0.340 e. The zero-order valence-corrected chi connectivity index (χ0v) is 9.92. The Morgan fingerprint density at radius 3 is 2.94 bits per heavy atom. The van der Waals surface area contributed by atoms with Crippen molar-refractivity contribution < 1.29 is 13.9 Å². The Labute approximate surface area is 103 Å². The fraction of sp³-hybridized carbons (Fsp3) is 0.364. The van der Waals surface area contributed by atoms with Gasteiger partial charge in [0.1, 0.15) is 11.2 Å². The molecule has 0 amide bonds. The number of hydrogen-bond acceptors (Lipinski definition) is 4. The summed E-state index contributed by atoms with van der Waals surface area (Å²) in [4.78, 5) is 15.4. The molecule has 1 rings (SSSR count). The van der Waals surface area contributed by atoms with Crippen LogP contribution in [-0.2, 0) is 11.2 Å². The molecule has 1 heterocycles. The Balaban J connectivity index is 3.24. The van der Waals surface area contributed by atoms with Gasteiger partial charge >= 0.3 is 5.97 Å². The largest absolute Gasteiger partial charge is 0.462 e. The predicted molar refractivity (Wildman–Crippen MR) is 59.6 cm³/mol. The van der Waals surface area contributed by atoms with Crippen LogP contribution in [0.25, 0.3) is 0 Å². The van der Waals surface area contributed by atoms with Gasteiger partial charge in [0, 0.05) is 6.42 Å². The number of pyridine rings is 1. The van der Waals surface area contributed by atoms with Crippen molar-refractivity contribution in [2.45, 2.75) is 13.3 Å². The highest BCUT2D eigenvalue weighted by atomic mass is 35.5. The van der Waals surface area contributed by atoms with E-state index in [1.807, 2.05) is 0 Å². The number of alkyl halides is 1. The van der Waals surface area contributed by atoms with Crippen LogP contribution < -0.4 is 0 Å². The summed E-state index contributed by atoms with van der Waals surface area (Å²) in [5, 5.41) is 8.74. The molecule has 0 unspecified atom stereocenters. The fourth-order valence-electron chi connectivity index (χ4n) is 1.27. The van der Waals surface area contributed by atoms with Gasteiger partial charge in [0.05, 0.1) is 30.1 Å². The molecule has 4 nitrogen and oxygen atoms in total. The predicted octanol–water partition coefficient (Wildman–Crippen LogP) is 2.30. The second-order valence-corrected chi connectivity index (χ2v) is 3.45. The van der Waals surface area contributed by atoms with E-state index >= 15 is 0 Å². The zero-order valence-electron chi connectivity index (χ0n) is 9.17. The lowest BCUT2D eigenvalue weighted by Crippen LogP contribution is -2.11. The quantitative estimate of drug-likeness (QED) is 0.612. The van der Waals surface area contributed by atoms with Crippen LogP contribution in [0.1, 0.15) is 28.5 Å². The number of carbonyl (C=O) groups is 1. The molecule has 0 spiro atoms. The van der Waals surface area contributed by atoms with Gasteiger partial charge in [-0.1, -0.05) is 11.6 Å². The first-order chi connectivity index (χ1) is 8.13. The molecule has 90 valence electrons. The summed E-state index contributed by atoms with van der Waals surface area (Å²) < 4.78 is 17.1. The highest BCUT2D eigenvalue weighted by molar-refractivity contribution is 6.30. The Hall–Kier alpha value is -1.67. The molecule has 0 aromatic carbocycles. The van der Waals surface area contributed by atoms with Gasteiger partial charge in [-0.15, -0.1) is 0 Å². The standard InChI is InChI=1S/C11H10ClFN2O2/c1-2-17-11(16)8-5-7(6-14)10(12)15-9(8)3-4-13/h5H,2-4H2,1H3.